The number of aliphatic carboxylic acids is 1. The second-order valence-electron chi connectivity index (χ2n) is 8.79. The zero-order valence-corrected chi connectivity index (χ0v) is 21.0. The quantitative estimate of drug-likeness (QED) is 0.411. The number of benzene rings is 3. The molecule has 2 unspecified atom stereocenters. The Morgan fingerprint density at radius 2 is 1.58 bits per heavy atom. The normalized spacial score (nSPS) is 16.7. The minimum Gasteiger partial charge on any atom is -0.497 e. The van der Waals surface area contributed by atoms with Crippen LogP contribution in [0, 0.1) is 0 Å². The van der Waals surface area contributed by atoms with Crippen molar-refractivity contribution in [1.29, 1.82) is 0 Å². The predicted octanol–water partition coefficient (Wildman–Crippen LogP) is 5.32. The molecule has 1 aliphatic heterocycles. The Kier molecular flexibility index (Phi) is 8.33. The van der Waals surface area contributed by atoms with Gasteiger partial charge in [0, 0.05) is 0 Å². The number of nitrogens with zero attached hydrogens (tertiary/aromatic N) is 1. The summed E-state index contributed by atoms with van der Waals surface area (Å²) in [4.78, 5) is 14.3. The average molecular weight is 492 g/mol. The molecule has 1 saturated heterocycles. The first kappa shape index (κ1) is 25.4. The lowest BCUT2D eigenvalue weighted by molar-refractivity contribution is -0.145. The molecule has 0 saturated carbocycles. The summed E-state index contributed by atoms with van der Waals surface area (Å²) in [7, 11) is 4.82. The molecule has 0 aromatic heterocycles. The highest BCUT2D eigenvalue weighted by atomic mass is 16.5. The van der Waals surface area contributed by atoms with Gasteiger partial charge in [-0.25, -0.2) is 0 Å². The van der Waals surface area contributed by atoms with E-state index in [0.29, 0.717) is 36.8 Å². The highest BCUT2D eigenvalue weighted by Crippen LogP contribution is 2.44. The molecule has 1 N–H and O–H groups in total. The summed E-state index contributed by atoms with van der Waals surface area (Å²) in [5.41, 5.74) is 2.86. The molecule has 7 heteroatoms. The fourth-order valence-electron chi connectivity index (χ4n) is 4.82. The molecule has 4 rings (SSSR count). The van der Waals surface area contributed by atoms with Crippen LogP contribution >= 0.6 is 0 Å². The maximum Gasteiger partial charge on any atom is 0.320 e. The van der Waals surface area contributed by atoms with Crippen molar-refractivity contribution in [3.05, 3.63) is 83.4 Å². The summed E-state index contributed by atoms with van der Waals surface area (Å²) in [5.74, 6) is 1.50. The van der Waals surface area contributed by atoms with Gasteiger partial charge in [0.1, 0.15) is 18.4 Å². The molecule has 36 heavy (non-hydrogen) atoms. The molecule has 0 spiro atoms. The van der Waals surface area contributed by atoms with E-state index in [0.717, 1.165) is 35.3 Å². The number of hydrogen-bond acceptors (Lipinski definition) is 6. The summed E-state index contributed by atoms with van der Waals surface area (Å²) >= 11 is 0. The highest BCUT2D eigenvalue weighted by Gasteiger charge is 2.36. The van der Waals surface area contributed by atoms with Gasteiger partial charge in [-0.1, -0.05) is 48.9 Å². The van der Waals surface area contributed by atoms with Crippen LogP contribution in [-0.2, 0) is 11.4 Å². The van der Waals surface area contributed by atoms with E-state index in [4.69, 9.17) is 18.9 Å². The molecule has 1 fully saturated rings. The Hall–Kier alpha value is -3.71. The van der Waals surface area contributed by atoms with E-state index in [1.165, 1.54) is 0 Å². The molecule has 3 aromatic rings. The molecule has 0 amide bonds. The first-order chi connectivity index (χ1) is 17.5. The third-order valence-electron chi connectivity index (χ3n) is 6.62. The molecule has 2 atom stereocenters. The van der Waals surface area contributed by atoms with Crippen LogP contribution in [0.2, 0.25) is 0 Å². The first-order valence-corrected chi connectivity index (χ1v) is 12.1. The Morgan fingerprint density at radius 1 is 0.917 bits per heavy atom. The van der Waals surface area contributed by atoms with Gasteiger partial charge < -0.3 is 24.1 Å². The van der Waals surface area contributed by atoms with Crippen molar-refractivity contribution in [3.8, 4) is 23.0 Å². The van der Waals surface area contributed by atoms with Gasteiger partial charge in [-0.3, -0.25) is 9.69 Å². The zero-order valence-electron chi connectivity index (χ0n) is 21.0. The van der Waals surface area contributed by atoms with Crippen LogP contribution < -0.4 is 18.9 Å². The first-order valence-electron chi connectivity index (χ1n) is 12.1. The van der Waals surface area contributed by atoms with Gasteiger partial charge in [0.2, 0.25) is 5.75 Å². The fourth-order valence-corrected chi connectivity index (χ4v) is 4.82. The Balaban J connectivity index is 1.77. The van der Waals surface area contributed by atoms with Crippen molar-refractivity contribution < 1.29 is 28.8 Å². The van der Waals surface area contributed by atoms with Crippen LogP contribution in [0.5, 0.6) is 23.0 Å². The number of carboxylic acid groups (broad SMARTS) is 1. The van der Waals surface area contributed by atoms with E-state index in [-0.39, 0.29) is 6.04 Å². The third-order valence-corrected chi connectivity index (χ3v) is 6.62. The zero-order chi connectivity index (χ0) is 25.5. The van der Waals surface area contributed by atoms with Crippen molar-refractivity contribution in [2.45, 2.75) is 38.0 Å². The number of methoxy groups -OCH3 is 3. The predicted molar refractivity (Wildman–Crippen MR) is 137 cm³/mol. The minimum atomic E-state index is -0.810. The molecular weight excluding hydrogens is 458 g/mol. The molecule has 0 radical (unpaired) electrons. The molecular formula is C29H33NO6. The smallest absolute Gasteiger partial charge is 0.320 e. The number of likely N-dealkylation sites (tertiary alicyclic amines) is 1. The SMILES string of the molecule is COc1ccc(C(c2cc(OC)c(OCc3ccccc3)c(OC)c2)N2CCCCC2C(=O)O)cc1. The summed E-state index contributed by atoms with van der Waals surface area (Å²) in [6, 6.07) is 20.6. The van der Waals surface area contributed by atoms with Gasteiger partial charge in [-0.15, -0.1) is 0 Å². The average Bonchev–Trinajstić information content (AvgIpc) is 2.93. The molecule has 190 valence electrons. The number of hydrogen-bond donors (Lipinski definition) is 1. The summed E-state index contributed by atoms with van der Waals surface area (Å²) < 4.78 is 23.0. The molecule has 3 aromatic carbocycles. The Labute approximate surface area is 212 Å². The van der Waals surface area contributed by atoms with Crippen molar-refractivity contribution in [2.24, 2.45) is 0 Å². The number of carbonyl (C=O) groups is 1. The molecule has 7 nitrogen and oxygen atoms in total. The second-order valence-corrected chi connectivity index (χ2v) is 8.79. The van der Waals surface area contributed by atoms with Gasteiger partial charge in [-0.05, 0) is 60.3 Å². The van der Waals surface area contributed by atoms with Crippen LogP contribution in [0.1, 0.15) is 42.0 Å². The monoisotopic (exact) mass is 491 g/mol. The van der Waals surface area contributed by atoms with Gasteiger partial charge >= 0.3 is 5.97 Å². The number of ether oxygens (including phenoxy) is 4. The lowest BCUT2D eigenvalue weighted by Crippen LogP contribution is -2.46. The standard InChI is InChI=1S/C29H33NO6/c1-33-23-14-12-21(13-15-23)27(30-16-8-7-11-24(30)29(31)32)22-17-25(34-2)28(26(18-22)35-3)36-19-20-9-5-4-6-10-20/h4-6,9-10,12-15,17-18,24,27H,7-8,11,16,19H2,1-3H3,(H,31,32). The van der Waals surface area contributed by atoms with Crippen molar-refractivity contribution in [3.63, 3.8) is 0 Å². The largest absolute Gasteiger partial charge is 0.497 e. The van der Waals surface area contributed by atoms with E-state index in [2.05, 4.69) is 4.90 Å². The highest BCUT2D eigenvalue weighted by molar-refractivity contribution is 5.74. The van der Waals surface area contributed by atoms with Gasteiger partial charge in [0.25, 0.3) is 0 Å². The van der Waals surface area contributed by atoms with E-state index < -0.39 is 12.0 Å². The summed E-state index contributed by atoms with van der Waals surface area (Å²) in [6.45, 7) is 1.03. The topological polar surface area (TPSA) is 77.5 Å². The van der Waals surface area contributed by atoms with Crippen molar-refractivity contribution in [1.82, 2.24) is 4.90 Å². The van der Waals surface area contributed by atoms with E-state index in [9.17, 15) is 9.90 Å². The van der Waals surface area contributed by atoms with Gasteiger partial charge in [0.15, 0.2) is 11.5 Å². The third kappa shape index (κ3) is 5.57. The lowest BCUT2D eigenvalue weighted by atomic mass is 9.91. The number of piperidine rings is 1. The Morgan fingerprint density at radius 3 is 2.17 bits per heavy atom. The van der Waals surface area contributed by atoms with Gasteiger partial charge in [0.05, 0.1) is 27.4 Å². The summed E-state index contributed by atoms with van der Waals surface area (Å²) in [6.07, 6.45) is 2.43. The molecule has 0 aliphatic carbocycles. The van der Waals surface area contributed by atoms with Crippen LogP contribution in [0.25, 0.3) is 0 Å². The van der Waals surface area contributed by atoms with Crippen molar-refractivity contribution >= 4 is 5.97 Å². The Bertz CT molecular complexity index is 1120. The fraction of sp³-hybridized carbons (Fsp3) is 0.345. The lowest BCUT2D eigenvalue weighted by Gasteiger charge is -2.40. The maximum absolute atomic E-state index is 12.2. The van der Waals surface area contributed by atoms with Crippen LogP contribution in [0.4, 0.5) is 0 Å². The molecule has 0 bridgehead atoms. The van der Waals surface area contributed by atoms with E-state index >= 15 is 0 Å². The second kappa shape index (κ2) is 11.8. The van der Waals surface area contributed by atoms with Crippen LogP contribution in [-0.4, -0.2) is 49.9 Å². The van der Waals surface area contributed by atoms with Crippen LogP contribution in [0.3, 0.4) is 0 Å². The van der Waals surface area contributed by atoms with E-state index in [1.807, 2.05) is 66.7 Å². The maximum atomic E-state index is 12.2. The van der Waals surface area contributed by atoms with Crippen LogP contribution in [0.15, 0.2) is 66.7 Å². The molecule has 1 aliphatic rings. The van der Waals surface area contributed by atoms with Gasteiger partial charge in [-0.2, -0.15) is 0 Å². The molecule has 1 heterocycles. The number of carboxylic acids is 1. The minimum absolute atomic E-state index is 0.316. The van der Waals surface area contributed by atoms with Crippen molar-refractivity contribution in [2.75, 3.05) is 27.9 Å². The van der Waals surface area contributed by atoms with E-state index in [1.54, 1.807) is 21.3 Å². The summed E-state index contributed by atoms with van der Waals surface area (Å²) in [5, 5.41) is 10.0. The number of rotatable bonds is 10.